The van der Waals surface area contributed by atoms with Crippen molar-refractivity contribution < 1.29 is 14.5 Å². The van der Waals surface area contributed by atoms with Crippen molar-refractivity contribution >= 4 is 34.8 Å². The summed E-state index contributed by atoms with van der Waals surface area (Å²) in [4.78, 5) is 33.9. The number of anilines is 1. The van der Waals surface area contributed by atoms with Crippen LogP contribution in [0.4, 0.5) is 11.4 Å². The minimum atomic E-state index is -0.593. The minimum Gasteiger partial charge on any atom is -0.343 e. The van der Waals surface area contributed by atoms with Gasteiger partial charge in [0.2, 0.25) is 5.91 Å². The van der Waals surface area contributed by atoms with Gasteiger partial charge >= 0.3 is 0 Å². The van der Waals surface area contributed by atoms with Crippen LogP contribution in [-0.4, -0.2) is 23.3 Å². The van der Waals surface area contributed by atoms with Gasteiger partial charge in [-0.05, 0) is 30.7 Å². The summed E-state index contributed by atoms with van der Waals surface area (Å²) < 4.78 is 0. The molecule has 2 N–H and O–H groups in total. The molecular formula is C16H14ClN3O4. The molecular weight excluding hydrogens is 334 g/mol. The van der Waals surface area contributed by atoms with Crippen molar-refractivity contribution in [3.63, 3.8) is 0 Å². The molecule has 0 fully saturated rings. The number of hydrogen-bond acceptors (Lipinski definition) is 4. The zero-order valence-electron chi connectivity index (χ0n) is 12.7. The molecule has 0 saturated heterocycles. The molecule has 2 amide bonds. The molecule has 0 aliphatic carbocycles. The highest BCUT2D eigenvalue weighted by Crippen LogP contribution is 2.19. The standard InChI is InChI=1S/C16H14ClN3O4/c1-10-5-6-12(8-14(10)17)19-15(21)9-18-16(22)11-3-2-4-13(7-11)20(23)24/h2-8H,9H2,1H3,(H,18,22)(H,19,21). The van der Waals surface area contributed by atoms with E-state index in [-0.39, 0.29) is 17.8 Å². The van der Waals surface area contributed by atoms with Gasteiger partial charge in [0.25, 0.3) is 11.6 Å². The Balaban J connectivity index is 1.93. The summed E-state index contributed by atoms with van der Waals surface area (Å²) in [7, 11) is 0. The fourth-order valence-corrected chi connectivity index (χ4v) is 2.08. The number of carbonyl (C=O) groups excluding carboxylic acids is 2. The van der Waals surface area contributed by atoms with Gasteiger partial charge in [0.1, 0.15) is 0 Å². The molecule has 2 rings (SSSR count). The Morgan fingerprint density at radius 3 is 2.62 bits per heavy atom. The first-order valence-corrected chi connectivity index (χ1v) is 7.33. The summed E-state index contributed by atoms with van der Waals surface area (Å²) in [5.41, 5.74) is 1.31. The molecule has 0 aromatic heterocycles. The topological polar surface area (TPSA) is 101 Å². The van der Waals surface area contributed by atoms with Crippen LogP contribution in [-0.2, 0) is 4.79 Å². The summed E-state index contributed by atoms with van der Waals surface area (Å²) in [6, 6.07) is 10.3. The molecule has 0 radical (unpaired) electrons. The fraction of sp³-hybridized carbons (Fsp3) is 0.125. The Kier molecular flexibility index (Phi) is 5.49. The maximum atomic E-state index is 11.9. The van der Waals surface area contributed by atoms with E-state index >= 15 is 0 Å². The number of non-ortho nitro benzene ring substituents is 1. The molecule has 0 unspecified atom stereocenters. The summed E-state index contributed by atoms with van der Waals surface area (Å²) in [5.74, 6) is -1.01. The fourth-order valence-electron chi connectivity index (χ4n) is 1.90. The number of nitrogens with one attached hydrogen (secondary N) is 2. The molecule has 0 aliphatic heterocycles. The maximum absolute atomic E-state index is 11.9. The lowest BCUT2D eigenvalue weighted by molar-refractivity contribution is -0.384. The van der Waals surface area contributed by atoms with Gasteiger partial charge in [0.15, 0.2) is 0 Å². The molecule has 7 nitrogen and oxygen atoms in total. The van der Waals surface area contributed by atoms with Crippen LogP contribution in [0.2, 0.25) is 5.02 Å². The number of rotatable bonds is 5. The van der Waals surface area contributed by atoms with Crippen molar-refractivity contribution in [2.75, 3.05) is 11.9 Å². The highest BCUT2D eigenvalue weighted by atomic mass is 35.5. The van der Waals surface area contributed by atoms with E-state index < -0.39 is 16.7 Å². The van der Waals surface area contributed by atoms with Gasteiger partial charge in [-0.3, -0.25) is 19.7 Å². The molecule has 2 aromatic rings. The predicted molar refractivity (Wildman–Crippen MR) is 90.2 cm³/mol. The van der Waals surface area contributed by atoms with Gasteiger partial charge in [0, 0.05) is 28.4 Å². The van der Waals surface area contributed by atoms with Crippen LogP contribution in [0.15, 0.2) is 42.5 Å². The van der Waals surface area contributed by atoms with Crippen molar-refractivity contribution in [1.29, 1.82) is 0 Å². The van der Waals surface area contributed by atoms with E-state index in [1.165, 1.54) is 18.2 Å². The van der Waals surface area contributed by atoms with Crippen LogP contribution in [0, 0.1) is 17.0 Å². The van der Waals surface area contributed by atoms with E-state index in [2.05, 4.69) is 10.6 Å². The number of hydrogen-bond donors (Lipinski definition) is 2. The zero-order chi connectivity index (χ0) is 17.7. The lowest BCUT2D eigenvalue weighted by Crippen LogP contribution is -2.32. The Labute approximate surface area is 142 Å². The molecule has 8 heteroatoms. The summed E-state index contributed by atoms with van der Waals surface area (Å²) in [6.07, 6.45) is 0. The van der Waals surface area contributed by atoms with Crippen LogP contribution in [0.1, 0.15) is 15.9 Å². The Hall–Kier alpha value is -2.93. The first-order valence-electron chi connectivity index (χ1n) is 6.95. The van der Waals surface area contributed by atoms with E-state index in [0.717, 1.165) is 11.6 Å². The minimum absolute atomic E-state index is 0.107. The van der Waals surface area contributed by atoms with Crippen molar-refractivity contribution in [3.8, 4) is 0 Å². The third-order valence-corrected chi connectivity index (χ3v) is 3.59. The van der Waals surface area contributed by atoms with Crippen molar-refractivity contribution in [2.24, 2.45) is 0 Å². The second kappa shape index (κ2) is 7.56. The van der Waals surface area contributed by atoms with Crippen LogP contribution in [0.3, 0.4) is 0 Å². The largest absolute Gasteiger partial charge is 0.343 e. The zero-order valence-corrected chi connectivity index (χ0v) is 13.5. The van der Waals surface area contributed by atoms with Gasteiger partial charge in [0.05, 0.1) is 11.5 Å². The predicted octanol–water partition coefficient (Wildman–Crippen LogP) is 2.93. The smallest absolute Gasteiger partial charge is 0.270 e. The highest BCUT2D eigenvalue weighted by molar-refractivity contribution is 6.31. The number of nitro benzene ring substituents is 1. The van der Waals surface area contributed by atoms with Crippen LogP contribution in [0.25, 0.3) is 0 Å². The molecule has 0 atom stereocenters. The summed E-state index contributed by atoms with van der Waals surface area (Å²) in [6.45, 7) is 1.57. The summed E-state index contributed by atoms with van der Waals surface area (Å²) in [5, 5.41) is 16.2. The molecule has 0 saturated carbocycles. The van der Waals surface area contributed by atoms with Gasteiger partial charge in [-0.1, -0.05) is 23.7 Å². The Morgan fingerprint density at radius 1 is 1.21 bits per heavy atom. The van der Waals surface area contributed by atoms with E-state index in [9.17, 15) is 19.7 Å². The number of amides is 2. The number of carbonyl (C=O) groups is 2. The number of halogens is 1. The van der Waals surface area contributed by atoms with Gasteiger partial charge in [-0.2, -0.15) is 0 Å². The Morgan fingerprint density at radius 2 is 1.96 bits per heavy atom. The average Bonchev–Trinajstić information content (AvgIpc) is 2.56. The average molecular weight is 348 g/mol. The quantitative estimate of drug-likeness (QED) is 0.641. The second-order valence-corrected chi connectivity index (χ2v) is 5.41. The van der Waals surface area contributed by atoms with Gasteiger partial charge in [-0.15, -0.1) is 0 Å². The van der Waals surface area contributed by atoms with Crippen molar-refractivity contribution in [2.45, 2.75) is 6.92 Å². The second-order valence-electron chi connectivity index (χ2n) is 5.00. The summed E-state index contributed by atoms with van der Waals surface area (Å²) >= 11 is 5.97. The van der Waals surface area contributed by atoms with Gasteiger partial charge in [-0.25, -0.2) is 0 Å². The Bertz CT molecular complexity index is 808. The third kappa shape index (κ3) is 4.53. The van der Waals surface area contributed by atoms with Crippen LogP contribution in [0.5, 0.6) is 0 Å². The van der Waals surface area contributed by atoms with E-state index in [0.29, 0.717) is 10.7 Å². The molecule has 0 bridgehead atoms. The lowest BCUT2D eigenvalue weighted by Gasteiger charge is -2.08. The van der Waals surface area contributed by atoms with E-state index in [1.807, 2.05) is 6.92 Å². The number of aryl methyl sites for hydroxylation is 1. The molecule has 0 aliphatic rings. The molecule has 0 spiro atoms. The first kappa shape index (κ1) is 17.4. The van der Waals surface area contributed by atoms with Crippen LogP contribution >= 0.6 is 11.6 Å². The number of nitrogens with zero attached hydrogens (tertiary/aromatic N) is 1. The van der Waals surface area contributed by atoms with E-state index in [4.69, 9.17) is 11.6 Å². The van der Waals surface area contributed by atoms with Crippen LogP contribution < -0.4 is 10.6 Å². The first-order chi connectivity index (χ1) is 11.4. The van der Waals surface area contributed by atoms with Gasteiger partial charge < -0.3 is 10.6 Å². The monoisotopic (exact) mass is 347 g/mol. The normalized spacial score (nSPS) is 10.1. The molecule has 0 heterocycles. The highest BCUT2D eigenvalue weighted by Gasteiger charge is 2.12. The maximum Gasteiger partial charge on any atom is 0.270 e. The van der Waals surface area contributed by atoms with E-state index in [1.54, 1.807) is 18.2 Å². The lowest BCUT2D eigenvalue weighted by atomic mass is 10.2. The SMILES string of the molecule is Cc1ccc(NC(=O)CNC(=O)c2cccc([N+](=O)[O-])c2)cc1Cl. The number of benzene rings is 2. The van der Waals surface area contributed by atoms with Crippen molar-refractivity contribution in [1.82, 2.24) is 5.32 Å². The number of nitro groups is 1. The molecule has 24 heavy (non-hydrogen) atoms. The molecule has 124 valence electrons. The third-order valence-electron chi connectivity index (χ3n) is 3.18. The molecule has 2 aromatic carbocycles. The van der Waals surface area contributed by atoms with Crippen molar-refractivity contribution in [3.05, 3.63) is 68.7 Å².